The van der Waals surface area contributed by atoms with E-state index in [2.05, 4.69) is 24.0 Å². The molecule has 1 heterocycles. The van der Waals surface area contributed by atoms with E-state index in [1.807, 2.05) is 12.3 Å². The molecule has 3 nitrogen and oxygen atoms in total. The van der Waals surface area contributed by atoms with Gasteiger partial charge in [-0.25, -0.2) is 0 Å². The second-order valence-corrected chi connectivity index (χ2v) is 6.14. The van der Waals surface area contributed by atoms with E-state index in [9.17, 15) is 0 Å². The maximum absolute atomic E-state index is 7.87. The van der Waals surface area contributed by atoms with Crippen molar-refractivity contribution in [2.24, 2.45) is 11.7 Å². The van der Waals surface area contributed by atoms with Crippen LogP contribution in [0.15, 0.2) is 23.1 Å². The number of rotatable bonds is 3. The lowest BCUT2D eigenvalue weighted by Crippen LogP contribution is -2.27. The molecule has 0 spiro atoms. The normalized spacial score (nSPS) is 20.1. The van der Waals surface area contributed by atoms with Crippen LogP contribution in [0.1, 0.15) is 31.7 Å². The van der Waals surface area contributed by atoms with Gasteiger partial charge in [0.1, 0.15) is 5.84 Å². The van der Waals surface area contributed by atoms with Crippen molar-refractivity contribution in [1.29, 1.82) is 5.41 Å². The van der Waals surface area contributed by atoms with E-state index in [1.165, 1.54) is 19.3 Å². The zero-order valence-corrected chi connectivity index (χ0v) is 12.6. The first-order chi connectivity index (χ1) is 9.13. The third kappa shape index (κ3) is 3.24. The number of thioether (sulfide) groups is 1. The lowest BCUT2D eigenvalue weighted by Gasteiger charge is -2.26. The van der Waals surface area contributed by atoms with Gasteiger partial charge in [-0.05, 0) is 43.6 Å². The number of amidine groups is 1. The molecule has 3 N–H and O–H groups in total. The monoisotopic (exact) mass is 277 g/mol. The van der Waals surface area contributed by atoms with Crippen LogP contribution in [0.25, 0.3) is 0 Å². The highest BCUT2D eigenvalue weighted by molar-refractivity contribution is 7.98. The quantitative estimate of drug-likeness (QED) is 0.506. The molecule has 0 saturated carbocycles. The number of benzene rings is 1. The fourth-order valence-corrected chi connectivity index (χ4v) is 3.36. The number of anilines is 1. The summed E-state index contributed by atoms with van der Waals surface area (Å²) in [5.74, 6) is 0.978. The van der Waals surface area contributed by atoms with E-state index in [4.69, 9.17) is 11.1 Å². The zero-order valence-electron chi connectivity index (χ0n) is 11.8. The molecule has 1 aliphatic heterocycles. The van der Waals surface area contributed by atoms with Crippen LogP contribution in [0, 0.1) is 11.3 Å². The Labute approximate surface area is 120 Å². The second-order valence-electron chi connectivity index (χ2n) is 5.29. The summed E-state index contributed by atoms with van der Waals surface area (Å²) >= 11 is 1.66. The first kappa shape index (κ1) is 14.3. The van der Waals surface area contributed by atoms with Crippen LogP contribution in [0.5, 0.6) is 0 Å². The number of hydrogen-bond donors (Lipinski definition) is 2. The molecule has 0 aromatic heterocycles. The Kier molecular flexibility index (Phi) is 4.75. The molecule has 0 amide bonds. The molecule has 1 aliphatic rings. The standard InChI is InChI=1S/C15H23N3S/c1-11-5-4-9-18(10-8-11)12-6-3-7-13(19-2)14(12)15(16)17/h3,6-7,11H,4-5,8-10H2,1-2H3,(H3,16,17). The van der Waals surface area contributed by atoms with Gasteiger partial charge < -0.3 is 10.6 Å². The van der Waals surface area contributed by atoms with E-state index in [-0.39, 0.29) is 5.84 Å². The fourth-order valence-electron chi connectivity index (χ4n) is 2.73. The Morgan fingerprint density at radius 2 is 2.16 bits per heavy atom. The summed E-state index contributed by atoms with van der Waals surface area (Å²) in [4.78, 5) is 3.50. The van der Waals surface area contributed by atoms with Gasteiger partial charge in [-0.1, -0.05) is 13.0 Å². The molecule has 1 saturated heterocycles. The van der Waals surface area contributed by atoms with Gasteiger partial charge in [0.15, 0.2) is 0 Å². The van der Waals surface area contributed by atoms with Crippen LogP contribution in [0.4, 0.5) is 5.69 Å². The molecule has 0 bridgehead atoms. The van der Waals surface area contributed by atoms with Gasteiger partial charge in [-0.3, -0.25) is 5.41 Å². The largest absolute Gasteiger partial charge is 0.384 e. The van der Waals surface area contributed by atoms with Crippen molar-refractivity contribution >= 4 is 23.3 Å². The molecule has 1 unspecified atom stereocenters. The molecule has 1 aromatic rings. The van der Waals surface area contributed by atoms with E-state index in [1.54, 1.807) is 11.8 Å². The van der Waals surface area contributed by atoms with Crippen molar-refractivity contribution in [3.63, 3.8) is 0 Å². The van der Waals surface area contributed by atoms with Gasteiger partial charge in [0.2, 0.25) is 0 Å². The molecule has 104 valence electrons. The predicted octanol–water partition coefficient (Wildman–Crippen LogP) is 3.32. The molecule has 4 heteroatoms. The van der Waals surface area contributed by atoms with Crippen molar-refractivity contribution in [2.45, 2.75) is 31.1 Å². The average Bonchev–Trinajstić information content (AvgIpc) is 2.62. The molecular weight excluding hydrogens is 254 g/mol. The van der Waals surface area contributed by atoms with Crippen LogP contribution < -0.4 is 10.6 Å². The Morgan fingerprint density at radius 1 is 1.37 bits per heavy atom. The third-order valence-electron chi connectivity index (χ3n) is 3.85. The molecule has 1 aromatic carbocycles. The van der Waals surface area contributed by atoms with Crippen LogP contribution in [0.3, 0.4) is 0 Å². The lowest BCUT2D eigenvalue weighted by atomic mass is 10.0. The predicted molar refractivity (Wildman–Crippen MR) is 84.5 cm³/mol. The first-order valence-electron chi connectivity index (χ1n) is 6.89. The van der Waals surface area contributed by atoms with Gasteiger partial charge >= 0.3 is 0 Å². The van der Waals surface area contributed by atoms with E-state index in [0.717, 1.165) is 35.2 Å². The molecule has 0 radical (unpaired) electrons. The number of nitrogen functional groups attached to an aromatic ring is 1. The van der Waals surface area contributed by atoms with Crippen LogP contribution in [-0.2, 0) is 0 Å². The fraction of sp³-hybridized carbons (Fsp3) is 0.533. The van der Waals surface area contributed by atoms with Crippen LogP contribution in [-0.4, -0.2) is 25.2 Å². The first-order valence-corrected chi connectivity index (χ1v) is 8.12. The highest BCUT2D eigenvalue weighted by Crippen LogP contribution is 2.31. The van der Waals surface area contributed by atoms with E-state index >= 15 is 0 Å². The van der Waals surface area contributed by atoms with Crippen molar-refractivity contribution < 1.29 is 0 Å². The molecule has 2 rings (SSSR count). The van der Waals surface area contributed by atoms with Gasteiger partial charge in [-0.15, -0.1) is 11.8 Å². The van der Waals surface area contributed by atoms with Crippen molar-refractivity contribution in [2.75, 3.05) is 24.2 Å². The van der Waals surface area contributed by atoms with Crippen LogP contribution in [0.2, 0.25) is 0 Å². The second kappa shape index (κ2) is 6.33. The molecular formula is C15H23N3S. The summed E-state index contributed by atoms with van der Waals surface area (Å²) in [5.41, 5.74) is 7.85. The van der Waals surface area contributed by atoms with Gasteiger partial charge in [-0.2, -0.15) is 0 Å². The maximum atomic E-state index is 7.87. The molecule has 1 fully saturated rings. The number of nitrogens with two attached hydrogens (primary N) is 1. The Morgan fingerprint density at radius 3 is 2.84 bits per heavy atom. The minimum atomic E-state index is 0.178. The smallest absolute Gasteiger partial charge is 0.126 e. The maximum Gasteiger partial charge on any atom is 0.126 e. The number of nitrogens with zero attached hydrogens (tertiary/aromatic N) is 1. The highest BCUT2D eigenvalue weighted by Gasteiger charge is 2.19. The van der Waals surface area contributed by atoms with Gasteiger partial charge in [0, 0.05) is 23.7 Å². The lowest BCUT2D eigenvalue weighted by molar-refractivity contribution is 0.521. The summed E-state index contributed by atoms with van der Waals surface area (Å²) in [6, 6.07) is 6.22. The van der Waals surface area contributed by atoms with Crippen molar-refractivity contribution in [3.05, 3.63) is 23.8 Å². The number of hydrogen-bond acceptors (Lipinski definition) is 3. The topological polar surface area (TPSA) is 53.1 Å². The average molecular weight is 277 g/mol. The Hall–Kier alpha value is -1.16. The summed E-state index contributed by atoms with van der Waals surface area (Å²) in [6.07, 6.45) is 5.78. The highest BCUT2D eigenvalue weighted by atomic mass is 32.2. The SMILES string of the molecule is CSc1cccc(N2CCCC(C)CC2)c1C(=N)N. The molecule has 19 heavy (non-hydrogen) atoms. The van der Waals surface area contributed by atoms with Crippen molar-refractivity contribution in [1.82, 2.24) is 0 Å². The summed E-state index contributed by atoms with van der Waals surface area (Å²) in [6.45, 7) is 4.47. The zero-order chi connectivity index (χ0) is 13.8. The van der Waals surface area contributed by atoms with Gasteiger partial charge in [0.25, 0.3) is 0 Å². The number of nitrogens with one attached hydrogen (secondary N) is 1. The summed E-state index contributed by atoms with van der Waals surface area (Å²) in [5, 5.41) is 7.87. The van der Waals surface area contributed by atoms with E-state index in [0.29, 0.717) is 0 Å². The molecule has 0 aliphatic carbocycles. The third-order valence-corrected chi connectivity index (χ3v) is 4.63. The van der Waals surface area contributed by atoms with Crippen molar-refractivity contribution in [3.8, 4) is 0 Å². The summed E-state index contributed by atoms with van der Waals surface area (Å²) in [7, 11) is 0. The van der Waals surface area contributed by atoms with E-state index < -0.39 is 0 Å². The Bertz CT molecular complexity index is 459. The Balaban J connectivity index is 2.35. The minimum Gasteiger partial charge on any atom is -0.384 e. The van der Waals surface area contributed by atoms with Crippen LogP contribution >= 0.6 is 11.8 Å². The molecule has 1 atom stereocenters. The van der Waals surface area contributed by atoms with Gasteiger partial charge in [0.05, 0.1) is 5.56 Å². The minimum absolute atomic E-state index is 0.178. The summed E-state index contributed by atoms with van der Waals surface area (Å²) < 4.78 is 0.